The van der Waals surface area contributed by atoms with Crippen LogP contribution in [0.1, 0.15) is 48.0 Å². The van der Waals surface area contributed by atoms with Crippen molar-refractivity contribution in [3.63, 3.8) is 0 Å². The zero-order chi connectivity index (χ0) is 12.8. The minimum absolute atomic E-state index is 0. The first kappa shape index (κ1) is 20.8. The molecule has 0 unspecified atom stereocenters. The molecule has 3 nitrogen and oxygen atoms in total. The molecule has 98 valence electrons. The van der Waals surface area contributed by atoms with Crippen LogP contribution in [0.3, 0.4) is 0 Å². The fraction of sp³-hybridized carbons (Fsp3) is 1.00. The summed E-state index contributed by atoms with van der Waals surface area (Å²) in [5.41, 5.74) is -0.00371. The SMILES string of the molecule is C[N-]CC(C)(C)OCCC(C)(C)NC(C)C.[K+]. The van der Waals surface area contributed by atoms with E-state index in [2.05, 4.69) is 52.2 Å². The quantitative estimate of drug-likeness (QED) is 0.627. The Labute approximate surface area is 150 Å². The summed E-state index contributed by atoms with van der Waals surface area (Å²) < 4.78 is 5.85. The molecule has 0 atom stereocenters. The van der Waals surface area contributed by atoms with Gasteiger partial charge in [-0.15, -0.1) is 6.54 Å². The second-order valence-electron chi connectivity index (χ2n) is 6.02. The molecule has 0 fully saturated rings. The molecule has 0 spiro atoms. The van der Waals surface area contributed by atoms with E-state index in [1.54, 1.807) is 0 Å². The third-order valence-corrected chi connectivity index (χ3v) is 2.44. The van der Waals surface area contributed by atoms with Crippen molar-refractivity contribution in [3.8, 4) is 0 Å². The summed E-state index contributed by atoms with van der Waals surface area (Å²) in [6.07, 6.45) is 1.01. The maximum Gasteiger partial charge on any atom is 1.00 e. The van der Waals surface area contributed by atoms with Crippen LogP contribution in [0.25, 0.3) is 5.32 Å². The number of hydrogen-bond acceptors (Lipinski definition) is 2. The smallest absolute Gasteiger partial charge is 0.663 e. The van der Waals surface area contributed by atoms with Gasteiger partial charge in [-0.2, -0.15) is 7.05 Å². The maximum atomic E-state index is 5.85. The summed E-state index contributed by atoms with van der Waals surface area (Å²) in [5.74, 6) is 0. The third kappa shape index (κ3) is 12.3. The van der Waals surface area contributed by atoms with Crippen LogP contribution in [0, 0.1) is 0 Å². The Bertz CT molecular complexity index is 194. The molecule has 0 saturated heterocycles. The molecule has 1 N–H and O–H groups in total. The molecular formula is C13H29KN2O. The summed E-state index contributed by atoms with van der Waals surface area (Å²) in [6.45, 7) is 14.5. The summed E-state index contributed by atoms with van der Waals surface area (Å²) in [7, 11) is 1.83. The molecule has 0 aliphatic rings. The Kier molecular flexibility index (Phi) is 11.5. The number of nitrogens with zero attached hydrogens (tertiary/aromatic N) is 1. The van der Waals surface area contributed by atoms with Crippen LogP contribution in [0.2, 0.25) is 0 Å². The second kappa shape index (κ2) is 9.42. The van der Waals surface area contributed by atoms with Gasteiger partial charge in [-0.1, -0.05) is 13.8 Å². The van der Waals surface area contributed by atoms with Crippen molar-refractivity contribution in [1.82, 2.24) is 5.32 Å². The summed E-state index contributed by atoms with van der Waals surface area (Å²) >= 11 is 0. The normalized spacial score (nSPS) is 12.7. The van der Waals surface area contributed by atoms with E-state index in [0.29, 0.717) is 6.04 Å². The molecular weight excluding hydrogens is 239 g/mol. The average Bonchev–Trinajstić information content (AvgIpc) is 1.99. The number of ether oxygens (including phenoxy) is 1. The molecule has 0 bridgehead atoms. The molecule has 0 aliphatic heterocycles. The van der Waals surface area contributed by atoms with Crippen LogP contribution >= 0.6 is 0 Å². The van der Waals surface area contributed by atoms with Crippen LogP contribution in [-0.4, -0.2) is 37.4 Å². The van der Waals surface area contributed by atoms with Gasteiger partial charge in [0.25, 0.3) is 0 Å². The van der Waals surface area contributed by atoms with Gasteiger partial charge in [0.15, 0.2) is 0 Å². The van der Waals surface area contributed by atoms with Crippen LogP contribution in [0.4, 0.5) is 0 Å². The maximum absolute atomic E-state index is 5.85. The third-order valence-electron chi connectivity index (χ3n) is 2.44. The zero-order valence-electron chi connectivity index (χ0n) is 13.1. The Hall–Kier alpha value is 1.52. The van der Waals surface area contributed by atoms with Gasteiger partial charge in [-0.3, -0.25) is 0 Å². The topological polar surface area (TPSA) is 35.4 Å². The van der Waals surface area contributed by atoms with E-state index < -0.39 is 0 Å². The molecule has 0 aliphatic carbocycles. The van der Waals surface area contributed by atoms with Crippen LogP contribution < -0.4 is 56.7 Å². The van der Waals surface area contributed by atoms with Crippen LogP contribution in [0.15, 0.2) is 0 Å². The van der Waals surface area contributed by atoms with Crippen molar-refractivity contribution >= 4 is 0 Å². The molecule has 0 aromatic rings. The van der Waals surface area contributed by atoms with E-state index >= 15 is 0 Å². The Balaban J connectivity index is 0. The first-order chi connectivity index (χ1) is 7.18. The van der Waals surface area contributed by atoms with Gasteiger partial charge >= 0.3 is 51.4 Å². The van der Waals surface area contributed by atoms with Gasteiger partial charge in [-0.05, 0) is 34.1 Å². The van der Waals surface area contributed by atoms with Gasteiger partial charge in [0.05, 0.1) is 0 Å². The zero-order valence-corrected chi connectivity index (χ0v) is 16.2. The van der Waals surface area contributed by atoms with Crippen molar-refractivity contribution in [2.45, 2.75) is 65.1 Å². The molecule has 17 heavy (non-hydrogen) atoms. The van der Waals surface area contributed by atoms with E-state index in [4.69, 9.17) is 4.74 Å². The number of likely N-dealkylation sites (N-methyl/N-ethyl adjacent to an activating group) is 1. The molecule has 0 rings (SSSR count). The fourth-order valence-corrected chi connectivity index (χ4v) is 1.86. The monoisotopic (exact) mass is 268 g/mol. The summed E-state index contributed by atoms with van der Waals surface area (Å²) in [6, 6.07) is 0.508. The minimum Gasteiger partial charge on any atom is -0.663 e. The Morgan fingerprint density at radius 1 is 1.18 bits per heavy atom. The standard InChI is InChI=1S/C13H29N2O.K/c1-11(2)15-12(3,4)8-9-16-13(5,6)10-14-7;/h11,15H,8-10H2,1-7H3;/q-1;+1. The van der Waals surface area contributed by atoms with E-state index in [-0.39, 0.29) is 62.5 Å². The van der Waals surface area contributed by atoms with E-state index in [1.807, 2.05) is 7.05 Å². The van der Waals surface area contributed by atoms with E-state index in [0.717, 1.165) is 19.6 Å². The first-order valence-corrected chi connectivity index (χ1v) is 6.16. The van der Waals surface area contributed by atoms with Crippen molar-refractivity contribution in [3.05, 3.63) is 5.32 Å². The van der Waals surface area contributed by atoms with E-state index in [9.17, 15) is 0 Å². The molecule has 0 radical (unpaired) electrons. The predicted octanol–water partition coefficient (Wildman–Crippen LogP) is -0.0442. The fourth-order valence-electron chi connectivity index (χ4n) is 1.86. The first-order valence-electron chi connectivity index (χ1n) is 6.16. The van der Waals surface area contributed by atoms with Crippen molar-refractivity contribution in [1.29, 1.82) is 0 Å². The number of rotatable bonds is 8. The second-order valence-corrected chi connectivity index (χ2v) is 6.02. The molecule has 0 aromatic carbocycles. The van der Waals surface area contributed by atoms with E-state index in [1.165, 1.54) is 0 Å². The van der Waals surface area contributed by atoms with Gasteiger partial charge in [0.1, 0.15) is 0 Å². The summed E-state index contributed by atoms with van der Waals surface area (Å²) in [4.78, 5) is 0. The molecule has 4 heteroatoms. The van der Waals surface area contributed by atoms with Gasteiger partial charge in [0, 0.05) is 23.8 Å². The molecule has 0 aromatic heterocycles. The molecule has 0 saturated carbocycles. The van der Waals surface area contributed by atoms with Crippen LogP contribution in [0.5, 0.6) is 0 Å². The summed E-state index contributed by atoms with van der Waals surface area (Å²) in [5, 5.41) is 7.66. The van der Waals surface area contributed by atoms with Crippen LogP contribution in [-0.2, 0) is 4.74 Å². The Morgan fingerprint density at radius 3 is 2.12 bits per heavy atom. The number of hydrogen-bond donors (Lipinski definition) is 1. The predicted molar refractivity (Wildman–Crippen MR) is 71.1 cm³/mol. The van der Waals surface area contributed by atoms with Crippen molar-refractivity contribution < 1.29 is 56.1 Å². The van der Waals surface area contributed by atoms with Gasteiger partial charge in [-0.25, -0.2) is 0 Å². The number of nitrogens with one attached hydrogen (secondary N) is 1. The molecule has 0 amide bonds. The van der Waals surface area contributed by atoms with Crippen molar-refractivity contribution in [2.24, 2.45) is 0 Å². The minimum atomic E-state index is -0.136. The van der Waals surface area contributed by atoms with Gasteiger partial charge < -0.3 is 15.4 Å². The Morgan fingerprint density at radius 2 is 1.71 bits per heavy atom. The average molecular weight is 268 g/mol. The molecule has 0 heterocycles. The largest absolute Gasteiger partial charge is 1.00 e. The van der Waals surface area contributed by atoms with Crippen molar-refractivity contribution in [2.75, 3.05) is 20.2 Å². The van der Waals surface area contributed by atoms with Gasteiger partial charge in [0.2, 0.25) is 0 Å².